The number of aryl methyl sites for hydroxylation is 3. The number of nitrogens with one attached hydrogen (secondary N) is 1. The summed E-state index contributed by atoms with van der Waals surface area (Å²) in [6.07, 6.45) is 3.47. The van der Waals surface area contributed by atoms with E-state index >= 15 is 0 Å². The number of hydrogen-bond acceptors (Lipinski definition) is 4. The molecule has 0 aliphatic carbocycles. The number of carbonyl (C=O) groups excluding carboxylic acids is 1. The van der Waals surface area contributed by atoms with Gasteiger partial charge in [-0.3, -0.25) is 19.0 Å². The van der Waals surface area contributed by atoms with Crippen LogP contribution in [0.3, 0.4) is 0 Å². The molecule has 2 aromatic heterocycles. The van der Waals surface area contributed by atoms with Gasteiger partial charge >= 0.3 is 5.97 Å². The second kappa shape index (κ2) is 6.88. The Kier molecular flexibility index (Phi) is 4.92. The maximum absolute atomic E-state index is 12.0. The van der Waals surface area contributed by atoms with Crippen LogP contribution >= 0.6 is 0 Å². The fourth-order valence-electron chi connectivity index (χ4n) is 1.98. The summed E-state index contributed by atoms with van der Waals surface area (Å²) in [6.45, 7) is 5.30. The Balaban J connectivity index is 1.91. The molecule has 0 spiro atoms. The van der Waals surface area contributed by atoms with Crippen molar-refractivity contribution in [1.82, 2.24) is 24.9 Å². The standard InChI is InChI=1S/C14H19N5O3/c1-3-18-9-11(10(2)16-18)8-15-14(22)12-4-6-19(17-12)7-5-13(20)21/h4,6,9H,3,5,7-8H2,1-2H3,(H,15,22)(H,20,21). The highest BCUT2D eigenvalue weighted by Gasteiger charge is 2.11. The van der Waals surface area contributed by atoms with Crippen LogP contribution in [0.25, 0.3) is 0 Å². The Labute approximate surface area is 127 Å². The summed E-state index contributed by atoms with van der Waals surface area (Å²) in [5.41, 5.74) is 2.11. The zero-order chi connectivity index (χ0) is 16.1. The fourth-order valence-corrected chi connectivity index (χ4v) is 1.98. The number of aliphatic carboxylic acids is 1. The summed E-state index contributed by atoms with van der Waals surface area (Å²) in [6, 6.07) is 1.57. The lowest BCUT2D eigenvalue weighted by Crippen LogP contribution is -2.23. The van der Waals surface area contributed by atoms with Crippen molar-refractivity contribution in [3.63, 3.8) is 0 Å². The predicted molar refractivity (Wildman–Crippen MR) is 78.3 cm³/mol. The van der Waals surface area contributed by atoms with E-state index in [0.29, 0.717) is 6.54 Å². The van der Waals surface area contributed by atoms with Crippen molar-refractivity contribution in [1.29, 1.82) is 0 Å². The van der Waals surface area contributed by atoms with Gasteiger partial charge < -0.3 is 10.4 Å². The molecule has 0 aliphatic heterocycles. The van der Waals surface area contributed by atoms with E-state index in [2.05, 4.69) is 15.5 Å². The third-order valence-electron chi connectivity index (χ3n) is 3.24. The van der Waals surface area contributed by atoms with E-state index in [0.717, 1.165) is 17.8 Å². The van der Waals surface area contributed by atoms with E-state index < -0.39 is 5.97 Å². The molecule has 0 saturated heterocycles. The third kappa shape index (κ3) is 3.94. The van der Waals surface area contributed by atoms with Gasteiger partial charge in [0.2, 0.25) is 0 Å². The summed E-state index contributed by atoms with van der Waals surface area (Å²) in [5, 5.41) is 19.8. The first-order valence-electron chi connectivity index (χ1n) is 7.06. The summed E-state index contributed by atoms with van der Waals surface area (Å²) in [5.74, 6) is -1.19. The zero-order valence-corrected chi connectivity index (χ0v) is 12.6. The average molecular weight is 305 g/mol. The molecule has 0 saturated carbocycles. The van der Waals surface area contributed by atoms with Crippen LogP contribution in [0.1, 0.15) is 35.1 Å². The van der Waals surface area contributed by atoms with E-state index in [1.54, 1.807) is 12.3 Å². The lowest BCUT2D eigenvalue weighted by molar-refractivity contribution is -0.137. The second-order valence-corrected chi connectivity index (χ2v) is 4.89. The van der Waals surface area contributed by atoms with Crippen LogP contribution in [-0.2, 0) is 24.4 Å². The van der Waals surface area contributed by atoms with Gasteiger partial charge in [-0.25, -0.2) is 0 Å². The van der Waals surface area contributed by atoms with Crippen LogP contribution in [0.5, 0.6) is 0 Å². The SMILES string of the molecule is CCn1cc(CNC(=O)c2ccn(CCC(=O)O)n2)c(C)n1. The largest absolute Gasteiger partial charge is 0.481 e. The van der Waals surface area contributed by atoms with Gasteiger partial charge in [0.05, 0.1) is 18.7 Å². The van der Waals surface area contributed by atoms with Crippen molar-refractivity contribution in [3.8, 4) is 0 Å². The number of carbonyl (C=O) groups is 2. The van der Waals surface area contributed by atoms with Gasteiger partial charge in [0.1, 0.15) is 5.69 Å². The maximum Gasteiger partial charge on any atom is 0.305 e. The van der Waals surface area contributed by atoms with Gasteiger partial charge in [0.25, 0.3) is 5.91 Å². The number of carboxylic acids is 1. The van der Waals surface area contributed by atoms with Crippen molar-refractivity contribution >= 4 is 11.9 Å². The van der Waals surface area contributed by atoms with Crippen LogP contribution in [0.2, 0.25) is 0 Å². The Morgan fingerprint density at radius 1 is 1.32 bits per heavy atom. The third-order valence-corrected chi connectivity index (χ3v) is 3.24. The smallest absolute Gasteiger partial charge is 0.305 e. The highest BCUT2D eigenvalue weighted by Crippen LogP contribution is 2.06. The topological polar surface area (TPSA) is 102 Å². The van der Waals surface area contributed by atoms with Crippen molar-refractivity contribution < 1.29 is 14.7 Å². The molecule has 0 aromatic carbocycles. The van der Waals surface area contributed by atoms with E-state index in [-0.39, 0.29) is 24.6 Å². The fraction of sp³-hybridized carbons (Fsp3) is 0.429. The minimum absolute atomic E-state index is 0.0296. The lowest BCUT2D eigenvalue weighted by atomic mass is 10.2. The first-order valence-corrected chi connectivity index (χ1v) is 7.06. The molecule has 2 heterocycles. The van der Waals surface area contributed by atoms with E-state index in [1.807, 2.05) is 24.7 Å². The number of hydrogen-bond donors (Lipinski definition) is 2. The van der Waals surface area contributed by atoms with Gasteiger partial charge in [0.15, 0.2) is 0 Å². The Morgan fingerprint density at radius 3 is 2.73 bits per heavy atom. The van der Waals surface area contributed by atoms with Gasteiger partial charge in [0, 0.05) is 31.0 Å². The molecule has 0 bridgehead atoms. The van der Waals surface area contributed by atoms with Gasteiger partial charge in [-0.2, -0.15) is 10.2 Å². The van der Waals surface area contributed by atoms with Crippen LogP contribution < -0.4 is 5.32 Å². The quantitative estimate of drug-likeness (QED) is 0.788. The van der Waals surface area contributed by atoms with Crippen LogP contribution in [-0.4, -0.2) is 36.5 Å². The molecule has 0 radical (unpaired) electrons. The molecular weight excluding hydrogens is 286 g/mol. The molecule has 8 nitrogen and oxygen atoms in total. The number of carboxylic acid groups (broad SMARTS) is 1. The average Bonchev–Trinajstić information content (AvgIpc) is 3.09. The van der Waals surface area contributed by atoms with Crippen molar-refractivity contribution in [2.24, 2.45) is 0 Å². The Morgan fingerprint density at radius 2 is 2.09 bits per heavy atom. The number of amides is 1. The number of nitrogens with zero attached hydrogens (tertiary/aromatic N) is 4. The van der Waals surface area contributed by atoms with Gasteiger partial charge in [-0.05, 0) is 19.9 Å². The number of aromatic nitrogens is 4. The van der Waals surface area contributed by atoms with Crippen molar-refractivity contribution in [2.75, 3.05) is 0 Å². The number of rotatable bonds is 7. The second-order valence-electron chi connectivity index (χ2n) is 4.89. The highest BCUT2D eigenvalue weighted by atomic mass is 16.4. The molecule has 1 amide bonds. The molecule has 8 heteroatoms. The monoisotopic (exact) mass is 305 g/mol. The predicted octanol–water partition coefficient (Wildman–Crippen LogP) is 0.813. The molecular formula is C14H19N5O3. The van der Waals surface area contributed by atoms with Crippen LogP contribution in [0.4, 0.5) is 0 Å². The van der Waals surface area contributed by atoms with Gasteiger partial charge in [-0.1, -0.05) is 0 Å². The van der Waals surface area contributed by atoms with E-state index in [9.17, 15) is 9.59 Å². The lowest BCUT2D eigenvalue weighted by Gasteiger charge is -2.02. The summed E-state index contributed by atoms with van der Waals surface area (Å²) in [7, 11) is 0. The molecule has 0 fully saturated rings. The molecule has 2 N–H and O–H groups in total. The first kappa shape index (κ1) is 15.7. The highest BCUT2D eigenvalue weighted by molar-refractivity contribution is 5.92. The maximum atomic E-state index is 12.0. The molecule has 0 aliphatic rings. The van der Waals surface area contributed by atoms with Crippen LogP contribution in [0, 0.1) is 6.92 Å². The van der Waals surface area contributed by atoms with Crippen molar-refractivity contribution in [3.05, 3.63) is 35.4 Å². The Bertz CT molecular complexity index is 674. The van der Waals surface area contributed by atoms with Gasteiger partial charge in [-0.15, -0.1) is 0 Å². The summed E-state index contributed by atoms with van der Waals surface area (Å²) >= 11 is 0. The van der Waals surface area contributed by atoms with Crippen molar-refractivity contribution in [2.45, 2.75) is 39.9 Å². The minimum atomic E-state index is -0.898. The zero-order valence-electron chi connectivity index (χ0n) is 12.6. The van der Waals surface area contributed by atoms with E-state index in [4.69, 9.17) is 5.11 Å². The molecule has 118 valence electrons. The summed E-state index contributed by atoms with van der Waals surface area (Å²) < 4.78 is 3.26. The minimum Gasteiger partial charge on any atom is -0.481 e. The Hall–Kier alpha value is -2.64. The van der Waals surface area contributed by atoms with E-state index in [1.165, 1.54) is 4.68 Å². The molecule has 2 aromatic rings. The van der Waals surface area contributed by atoms with Crippen LogP contribution in [0.15, 0.2) is 18.5 Å². The first-order chi connectivity index (χ1) is 10.5. The molecule has 22 heavy (non-hydrogen) atoms. The molecule has 0 unspecified atom stereocenters. The molecule has 0 atom stereocenters. The normalized spacial score (nSPS) is 10.6. The summed E-state index contributed by atoms with van der Waals surface area (Å²) in [4.78, 5) is 22.5. The molecule has 2 rings (SSSR count).